The molecule has 0 unspecified atom stereocenters. The highest BCUT2D eigenvalue weighted by atomic mass is 16.5. The average Bonchev–Trinajstić information content (AvgIpc) is 3.15. The molecule has 1 spiro atoms. The van der Waals surface area contributed by atoms with Gasteiger partial charge in [0.15, 0.2) is 0 Å². The monoisotopic (exact) mass is 436 g/mol. The quantitative estimate of drug-likeness (QED) is 0.793. The predicted octanol–water partition coefficient (Wildman–Crippen LogP) is 3.27. The number of carbonyl (C=O) groups is 1. The summed E-state index contributed by atoms with van der Waals surface area (Å²) >= 11 is 0. The third-order valence-corrected chi connectivity index (χ3v) is 7.57. The van der Waals surface area contributed by atoms with Crippen molar-refractivity contribution < 1.29 is 14.6 Å². The van der Waals surface area contributed by atoms with Crippen molar-refractivity contribution in [3.63, 3.8) is 0 Å². The first-order valence-electron chi connectivity index (χ1n) is 11.8. The summed E-state index contributed by atoms with van der Waals surface area (Å²) in [7, 11) is 1.66. The lowest BCUT2D eigenvalue weighted by molar-refractivity contribution is -0.139. The molecule has 0 radical (unpaired) electrons. The number of anilines is 1. The van der Waals surface area contributed by atoms with E-state index in [0.717, 1.165) is 74.9 Å². The maximum absolute atomic E-state index is 13.5. The molecule has 1 N–H and O–H groups in total. The van der Waals surface area contributed by atoms with Gasteiger partial charge in [0.25, 0.3) is 0 Å². The fourth-order valence-electron chi connectivity index (χ4n) is 5.66. The minimum absolute atomic E-state index is 0.193. The standard InChI is InChI=1S/C25H32N4O3/c1-32-22-9-3-18(4-10-22)19-15-26-24(27-16-19)28-13-2-11-25(17-28)12-14-29(23(25)31)20-5-7-21(30)8-6-20/h3-4,9-10,15-16,20-21,30H,2,5-8,11-14,17H2,1H3/t20-,21+,25-/m1/s1. The highest BCUT2D eigenvalue weighted by Crippen LogP contribution is 2.43. The summed E-state index contributed by atoms with van der Waals surface area (Å²) in [5.41, 5.74) is 1.70. The third kappa shape index (κ3) is 3.94. The van der Waals surface area contributed by atoms with E-state index in [1.54, 1.807) is 7.11 Å². The number of methoxy groups -OCH3 is 1. The van der Waals surface area contributed by atoms with Crippen LogP contribution in [0.1, 0.15) is 44.9 Å². The first-order chi connectivity index (χ1) is 15.6. The van der Waals surface area contributed by atoms with Gasteiger partial charge < -0.3 is 19.6 Å². The predicted molar refractivity (Wildman–Crippen MR) is 122 cm³/mol. The van der Waals surface area contributed by atoms with E-state index in [1.165, 1.54) is 0 Å². The van der Waals surface area contributed by atoms with Gasteiger partial charge in [0, 0.05) is 43.6 Å². The largest absolute Gasteiger partial charge is 0.497 e. The summed E-state index contributed by atoms with van der Waals surface area (Å²) in [6.07, 6.45) is 9.81. The molecular formula is C25H32N4O3. The van der Waals surface area contributed by atoms with Gasteiger partial charge in [0.2, 0.25) is 11.9 Å². The smallest absolute Gasteiger partial charge is 0.230 e. The molecule has 1 amide bonds. The van der Waals surface area contributed by atoms with E-state index in [1.807, 2.05) is 36.7 Å². The lowest BCUT2D eigenvalue weighted by Gasteiger charge is -2.40. The molecule has 2 aromatic rings. The molecule has 32 heavy (non-hydrogen) atoms. The lowest BCUT2D eigenvalue weighted by Crippen LogP contribution is -2.50. The zero-order valence-corrected chi connectivity index (χ0v) is 18.7. The Balaban J connectivity index is 1.28. The maximum atomic E-state index is 13.5. The fraction of sp³-hybridized carbons (Fsp3) is 0.560. The van der Waals surface area contributed by atoms with Crippen molar-refractivity contribution in [2.24, 2.45) is 5.41 Å². The highest BCUT2D eigenvalue weighted by molar-refractivity contribution is 5.86. The molecule has 1 atom stereocenters. The van der Waals surface area contributed by atoms with Crippen LogP contribution in [0.2, 0.25) is 0 Å². The van der Waals surface area contributed by atoms with E-state index < -0.39 is 0 Å². The molecule has 2 aliphatic heterocycles. The van der Waals surface area contributed by atoms with E-state index in [2.05, 4.69) is 19.8 Å². The molecule has 7 heteroatoms. The van der Waals surface area contributed by atoms with Gasteiger partial charge in [-0.1, -0.05) is 12.1 Å². The summed E-state index contributed by atoms with van der Waals surface area (Å²) < 4.78 is 5.23. The summed E-state index contributed by atoms with van der Waals surface area (Å²) in [5.74, 6) is 1.83. The zero-order chi connectivity index (χ0) is 22.1. The van der Waals surface area contributed by atoms with Crippen LogP contribution < -0.4 is 9.64 Å². The third-order valence-electron chi connectivity index (χ3n) is 7.57. The van der Waals surface area contributed by atoms with Crippen LogP contribution >= 0.6 is 0 Å². The Morgan fingerprint density at radius 3 is 2.41 bits per heavy atom. The topological polar surface area (TPSA) is 78.8 Å². The zero-order valence-electron chi connectivity index (χ0n) is 18.7. The Morgan fingerprint density at radius 2 is 1.72 bits per heavy atom. The van der Waals surface area contributed by atoms with Crippen LogP contribution in [0.5, 0.6) is 5.75 Å². The van der Waals surface area contributed by atoms with E-state index in [0.29, 0.717) is 24.4 Å². The van der Waals surface area contributed by atoms with Gasteiger partial charge in [-0.25, -0.2) is 9.97 Å². The normalized spacial score (nSPS) is 28.4. The van der Waals surface area contributed by atoms with Crippen molar-refractivity contribution in [3.05, 3.63) is 36.7 Å². The number of piperidine rings is 1. The number of hydrogen-bond acceptors (Lipinski definition) is 6. The Hall–Kier alpha value is -2.67. The summed E-state index contributed by atoms with van der Waals surface area (Å²) in [4.78, 5) is 27.1. The van der Waals surface area contributed by atoms with Gasteiger partial charge in [-0.3, -0.25) is 4.79 Å². The Morgan fingerprint density at radius 1 is 1.00 bits per heavy atom. The molecule has 3 heterocycles. The number of aliphatic hydroxyl groups excluding tert-OH is 1. The van der Waals surface area contributed by atoms with Gasteiger partial charge in [-0.2, -0.15) is 0 Å². The van der Waals surface area contributed by atoms with E-state index in [4.69, 9.17) is 4.74 Å². The molecule has 5 rings (SSSR count). The summed E-state index contributed by atoms with van der Waals surface area (Å²) in [6, 6.07) is 8.16. The average molecular weight is 437 g/mol. The number of nitrogens with zero attached hydrogens (tertiary/aromatic N) is 4. The second-order valence-electron chi connectivity index (χ2n) is 9.52. The van der Waals surface area contributed by atoms with Gasteiger partial charge in [0.05, 0.1) is 18.6 Å². The second kappa shape index (κ2) is 8.70. The molecule has 170 valence electrons. The van der Waals surface area contributed by atoms with Gasteiger partial charge >= 0.3 is 0 Å². The number of ether oxygens (including phenoxy) is 1. The molecule has 7 nitrogen and oxygen atoms in total. The number of rotatable bonds is 4. The van der Waals surface area contributed by atoms with Crippen molar-refractivity contribution in [2.75, 3.05) is 31.6 Å². The summed E-state index contributed by atoms with van der Waals surface area (Å²) in [6.45, 7) is 2.41. The molecule has 3 fully saturated rings. The minimum atomic E-state index is -0.313. The lowest BCUT2D eigenvalue weighted by atomic mass is 9.78. The van der Waals surface area contributed by atoms with E-state index in [9.17, 15) is 9.90 Å². The Labute approximate surface area is 189 Å². The number of likely N-dealkylation sites (tertiary alicyclic amines) is 1. The number of aliphatic hydroxyl groups is 1. The molecule has 2 saturated heterocycles. The van der Waals surface area contributed by atoms with Crippen molar-refractivity contribution in [1.29, 1.82) is 0 Å². The van der Waals surface area contributed by atoms with Crippen LogP contribution in [-0.2, 0) is 4.79 Å². The van der Waals surface area contributed by atoms with Crippen LogP contribution in [0.15, 0.2) is 36.7 Å². The first-order valence-corrected chi connectivity index (χ1v) is 11.8. The molecule has 1 aliphatic carbocycles. The Kier molecular flexibility index (Phi) is 5.76. The SMILES string of the molecule is COc1ccc(-c2cnc(N3CCC[C@@]4(CCN([C@H]5CC[C@@H](O)CC5)C4=O)C3)nc2)cc1. The summed E-state index contributed by atoms with van der Waals surface area (Å²) in [5, 5.41) is 9.82. The number of aromatic nitrogens is 2. The van der Waals surface area contributed by atoms with Crippen LogP contribution in [-0.4, -0.2) is 64.8 Å². The number of carbonyl (C=O) groups excluding carboxylic acids is 1. The van der Waals surface area contributed by atoms with Gasteiger partial charge in [-0.05, 0) is 62.6 Å². The maximum Gasteiger partial charge on any atom is 0.230 e. The molecular weight excluding hydrogens is 404 g/mol. The number of benzene rings is 1. The highest BCUT2D eigenvalue weighted by Gasteiger charge is 2.50. The van der Waals surface area contributed by atoms with Gasteiger partial charge in [0.1, 0.15) is 5.75 Å². The van der Waals surface area contributed by atoms with Crippen molar-refractivity contribution in [1.82, 2.24) is 14.9 Å². The number of amides is 1. The molecule has 1 saturated carbocycles. The molecule has 3 aliphatic rings. The van der Waals surface area contributed by atoms with Crippen molar-refractivity contribution >= 4 is 11.9 Å². The second-order valence-corrected chi connectivity index (χ2v) is 9.52. The van der Waals surface area contributed by atoms with Crippen LogP contribution in [0, 0.1) is 5.41 Å². The molecule has 1 aromatic heterocycles. The molecule has 1 aromatic carbocycles. The van der Waals surface area contributed by atoms with Crippen molar-refractivity contribution in [3.8, 4) is 16.9 Å². The molecule has 0 bridgehead atoms. The van der Waals surface area contributed by atoms with Crippen LogP contribution in [0.25, 0.3) is 11.1 Å². The van der Waals surface area contributed by atoms with E-state index >= 15 is 0 Å². The first kappa shape index (κ1) is 21.2. The van der Waals surface area contributed by atoms with E-state index in [-0.39, 0.29) is 11.5 Å². The minimum Gasteiger partial charge on any atom is -0.497 e. The Bertz CT molecular complexity index is 941. The van der Waals surface area contributed by atoms with Gasteiger partial charge in [-0.15, -0.1) is 0 Å². The van der Waals surface area contributed by atoms with Crippen LogP contribution in [0.3, 0.4) is 0 Å². The van der Waals surface area contributed by atoms with Crippen molar-refractivity contribution in [2.45, 2.75) is 57.1 Å². The fourth-order valence-corrected chi connectivity index (χ4v) is 5.66. The number of hydrogen-bond donors (Lipinski definition) is 1. The van der Waals surface area contributed by atoms with Crippen LogP contribution in [0.4, 0.5) is 5.95 Å².